The van der Waals surface area contributed by atoms with Crippen molar-refractivity contribution >= 4 is 11.6 Å². The highest BCUT2D eigenvalue weighted by Crippen LogP contribution is 2.12. The summed E-state index contributed by atoms with van der Waals surface area (Å²) in [5, 5.41) is 4.93. The van der Waals surface area contributed by atoms with E-state index in [0.29, 0.717) is 0 Å². The Bertz CT molecular complexity index is 300. The topological polar surface area (TPSA) is 60.1 Å². The molecule has 0 aromatic heterocycles. The monoisotopic (exact) mass is 195 g/mol. The molecule has 14 heavy (non-hydrogen) atoms. The number of hydrogen-bond acceptors (Lipinski definition) is 3. The van der Waals surface area contributed by atoms with Crippen LogP contribution in [0.1, 0.15) is 0 Å². The molecule has 0 atom stereocenters. The van der Waals surface area contributed by atoms with Gasteiger partial charge in [0.1, 0.15) is 7.11 Å². The molecule has 5 heteroatoms. The van der Waals surface area contributed by atoms with Gasteiger partial charge in [0.05, 0.1) is 12.8 Å². The number of oxime groups is 1. The SMILES string of the molecule is CON=C(N)N(OC)c1ccccc1. The summed E-state index contributed by atoms with van der Waals surface area (Å²) in [4.78, 5) is 9.60. The molecule has 2 N–H and O–H groups in total. The number of anilines is 1. The van der Waals surface area contributed by atoms with Crippen LogP contribution in [0, 0.1) is 0 Å². The molecule has 0 aliphatic carbocycles. The van der Waals surface area contributed by atoms with E-state index in [4.69, 9.17) is 10.6 Å². The summed E-state index contributed by atoms with van der Waals surface area (Å²) in [6, 6.07) is 9.35. The van der Waals surface area contributed by atoms with E-state index in [9.17, 15) is 0 Å². The molecule has 0 bridgehead atoms. The molecular formula is C9H13N3O2. The largest absolute Gasteiger partial charge is 0.396 e. The van der Waals surface area contributed by atoms with Gasteiger partial charge in [0.15, 0.2) is 0 Å². The Balaban J connectivity index is 2.88. The van der Waals surface area contributed by atoms with E-state index in [-0.39, 0.29) is 5.96 Å². The van der Waals surface area contributed by atoms with Crippen LogP contribution >= 0.6 is 0 Å². The lowest BCUT2D eigenvalue weighted by molar-refractivity contribution is 0.185. The molecular weight excluding hydrogens is 182 g/mol. The van der Waals surface area contributed by atoms with E-state index in [1.54, 1.807) is 0 Å². The maximum atomic E-state index is 5.60. The van der Waals surface area contributed by atoms with Gasteiger partial charge in [-0.2, -0.15) is 5.06 Å². The van der Waals surface area contributed by atoms with E-state index >= 15 is 0 Å². The number of benzene rings is 1. The van der Waals surface area contributed by atoms with E-state index in [0.717, 1.165) is 5.69 Å². The highest BCUT2D eigenvalue weighted by molar-refractivity contribution is 5.92. The third-order valence-electron chi connectivity index (χ3n) is 1.57. The summed E-state index contributed by atoms with van der Waals surface area (Å²) >= 11 is 0. The smallest absolute Gasteiger partial charge is 0.262 e. The molecule has 0 aliphatic heterocycles. The summed E-state index contributed by atoms with van der Waals surface area (Å²) in [7, 11) is 2.93. The lowest BCUT2D eigenvalue weighted by Crippen LogP contribution is -2.36. The summed E-state index contributed by atoms with van der Waals surface area (Å²) in [6.45, 7) is 0. The first-order valence-corrected chi connectivity index (χ1v) is 4.05. The van der Waals surface area contributed by atoms with Crippen LogP contribution in [0.3, 0.4) is 0 Å². The molecule has 76 valence electrons. The zero-order chi connectivity index (χ0) is 10.4. The number of nitrogens with two attached hydrogens (primary N) is 1. The van der Waals surface area contributed by atoms with Gasteiger partial charge in [-0.1, -0.05) is 18.2 Å². The first kappa shape index (κ1) is 10.3. The number of rotatable bonds is 3. The van der Waals surface area contributed by atoms with Crippen LogP contribution in [0.4, 0.5) is 5.69 Å². The molecule has 5 nitrogen and oxygen atoms in total. The molecule has 1 aromatic carbocycles. The van der Waals surface area contributed by atoms with Gasteiger partial charge in [-0.15, -0.1) is 0 Å². The minimum absolute atomic E-state index is 0.140. The van der Waals surface area contributed by atoms with E-state index in [2.05, 4.69) is 9.99 Å². The van der Waals surface area contributed by atoms with Crippen LogP contribution in [0.25, 0.3) is 0 Å². The standard InChI is InChI=1S/C9H13N3O2/c1-13-11-9(10)12(14-2)8-6-4-3-5-7-8/h3-7H,1-2H3,(H2,10,11). The highest BCUT2D eigenvalue weighted by atomic mass is 16.7. The van der Waals surface area contributed by atoms with E-state index < -0.39 is 0 Å². The average Bonchev–Trinajstić information content (AvgIpc) is 2.21. The van der Waals surface area contributed by atoms with Crippen molar-refractivity contribution in [2.75, 3.05) is 19.3 Å². The summed E-state index contributed by atoms with van der Waals surface area (Å²) in [5.41, 5.74) is 6.38. The second-order valence-corrected chi connectivity index (χ2v) is 2.44. The molecule has 0 amide bonds. The Kier molecular flexibility index (Phi) is 3.75. The zero-order valence-corrected chi connectivity index (χ0v) is 8.18. The Labute approximate surface area is 82.7 Å². The molecule has 0 saturated heterocycles. The van der Waals surface area contributed by atoms with Gasteiger partial charge >= 0.3 is 0 Å². The van der Waals surface area contributed by atoms with Crippen LogP contribution in [0.5, 0.6) is 0 Å². The van der Waals surface area contributed by atoms with Crippen molar-refractivity contribution in [3.8, 4) is 0 Å². The molecule has 0 fully saturated rings. The van der Waals surface area contributed by atoms with E-state index in [1.807, 2.05) is 30.3 Å². The third-order valence-corrected chi connectivity index (χ3v) is 1.57. The summed E-state index contributed by atoms with van der Waals surface area (Å²) < 4.78 is 0. The molecule has 0 heterocycles. The van der Waals surface area contributed by atoms with Crippen LogP contribution in [0.2, 0.25) is 0 Å². The van der Waals surface area contributed by atoms with Crippen molar-refractivity contribution in [2.45, 2.75) is 0 Å². The maximum Gasteiger partial charge on any atom is 0.262 e. The quantitative estimate of drug-likeness (QED) is 0.443. The number of hydrogen-bond donors (Lipinski definition) is 1. The Morgan fingerprint density at radius 3 is 2.43 bits per heavy atom. The van der Waals surface area contributed by atoms with Crippen LogP contribution in [0.15, 0.2) is 35.5 Å². The van der Waals surface area contributed by atoms with Crippen molar-refractivity contribution in [3.05, 3.63) is 30.3 Å². The van der Waals surface area contributed by atoms with Gasteiger partial charge in [0.25, 0.3) is 5.96 Å². The number of hydroxylamine groups is 1. The molecule has 0 radical (unpaired) electrons. The minimum Gasteiger partial charge on any atom is -0.396 e. The molecule has 0 unspecified atom stereocenters. The summed E-state index contributed by atoms with van der Waals surface area (Å²) in [6.07, 6.45) is 0. The van der Waals surface area contributed by atoms with E-state index in [1.165, 1.54) is 19.3 Å². The maximum absolute atomic E-state index is 5.60. The second kappa shape index (κ2) is 5.08. The van der Waals surface area contributed by atoms with Gasteiger partial charge in [0, 0.05) is 0 Å². The second-order valence-electron chi connectivity index (χ2n) is 2.44. The Hall–Kier alpha value is -1.75. The minimum atomic E-state index is 0.140. The zero-order valence-electron chi connectivity index (χ0n) is 8.18. The van der Waals surface area contributed by atoms with Gasteiger partial charge in [-0.25, -0.2) is 0 Å². The number of para-hydroxylation sites is 1. The molecule has 0 saturated carbocycles. The molecule has 0 spiro atoms. The molecule has 1 aromatic rings. The fraction of sp³-hybridized carbons (Fsp3) is 0.222. The predicted octanol–water partition coefficient (Wildman–Crippen LogP) is 0.931. The predicted molar refractivity (Wildman–Crippen MR) is 54.6 cm³/mol. The van der Waals surface area contributed by atoms with Crippen molar-refractivity contribution in [1.29, 1.82) is 0 Å². The van der Waals surface area contributed by atoms with Gasteiger partial charge < -0.3 is 10.6 Å². The Morgan fingerprint density at radius 2 is 1.93 bits per heavy atom. The first-order chi connectivity index (χ1) is 6.79. The lowest BCUT2D eigenvalue weighted by Gasteiger charge is -2.19. The summed E-state index contributed by atoms with van der Waals surface area (Å²) in [5.74, 6) is 0.140. The fourth-order valence-corrected chi connectivity index (χ4v) is 1.03. The molecule has 1 rings (SSSR count). The van der Waals surface area contributed by atoms with Crippen LogP contribution in [-0.2, 0) is 9.68 Å². The van der Waals surface area contributed by atoms with Crippen molar-refractivity contribution < 1.29 is 9.68 Å². The highest BCUT2D eigenvalue weighted by Gasteiger charge is 2.09. The Morgan fingerprint density at radius 1 is 1.29 bits per heavy atom. The van der Waals surface area contributed by atoms with Crippen molar-refractivity contribution in [3.63, 3.8) is 0 Å². The van der Waals surface area contributed by atoms with Gasteiger partial charge in [-0.05, 0) is 17.3 Å². The number of nitrogens with zero attached hydrogens (tertiary/aromatic N) is 2. The average molecular weight is 195 g/mol. The van der Waals surface area contributed by atoms with Gasteiger partial charge in [0.2, 0.25) is 0 Å². The van der Waals surface area contributed by atoms with Crippen LogP contribution in [-0.4, -0.2) is 20.2 Å². The lowest BCUT2D eigenvalue weighted by atomic mass is 10.3. The third kappa shape index (κ3) is 2.37. The molecule has 0 aliphatic rings. The van der Waals surface area contributed by atoms with Crippen molar-refractivity contribution in [1.82, 2.24) is 0 Å². The van der Waals surface area contributed by atoms with Crippen LogP contribution < -0.4 is 10.8 Å². The fourth-order valence-electron chi connectivity index (χ4n) is 1.03. The van der Waals surface area contributed by atoms with Gasteiger partial charge in [-0.3, -0.25) is 4.84 Å². The number of guanidine groups is 1. The first-order valence-electron chi connectivity index (χ1n) is 4.05. The normalized spacial score (nSPS) is 11.1. The van der Waals surface area contributed by atoms with Crippen molar-refractivity contribution in [2.24, 2.45) is 10.9 Å².